The molecule has 2 aromatic rings. The molecule has 1 aromatic carbocycles. The quantitative estimate of drug-likeness (QED) is 0.697. The highest BCUT2D eigenvalue weighted by Crippen LogP contribution is 2.19. The van der Waals surface area contributed by atoms with Crippen LogP contribution in [-0.4, -0.2) is 15.5 Å². The van der Waals surface area contributed by atoms with Crippen molar-refractivity contribution >= 4 is 11.6 Å². The Morgan fingerprint density at radius 3 is 2.80 bits per heavy atom. The minimum Gasteiger partial charge on any atom is -0.398 e. The van der Waals surface area contributed by atoms with E-state index in [1.165, 1.54) is 0 Å². The fourth-order valence-electron chi connectivity index (χ4n) is 1.44. The van der Waals surface area contributed by atoms with Gasteiger partial charge in [-0.25, -0.2) is 4.98 Å². The second-order valence-corrected chi connectivity index (χ2v) is 3.08. The molecule has 0 unspecified atom stereocenters. The van der Waals surface area contributed by atoms with Gasteiger partial charge in [0, 0.05) is 18.1 Å². The summed E-state index contributed by atoms with van der Waals surface area (Å²) in [4.78, 5) is 15.1. The molecule has 1 amide bonds. The molecule has 5 heteroatoms. The van der Waals surface area contributed by atoms with E-state index in [2.05, 4.69) is 4.98 Å². The second-order valence-electron chi connectivity index (χ2n) is 3.08. The number of anilines is 1. The van der Waals surface area contributed by atoms with Gasteiger partial charge in [-0.2, -0.15) is 0 Å². The average molecular weight is 202 g/mol. The Labute approximate surface area is 86.3 Å². The zero-order valence-electron chi connectivity index (χ0n) is 7.92. The van der Waals surface area contributed by atoms with E-state index in [0.29, 0.717) is 16.9 Å². The van der Waals surface area contributed by atoms with E-state index in [-0.39, 0.29) is 0 Å². The van der Waals surface area contributed by atoms with Crippen molar-refractivity contribution in [1.29, 1.82) is 0 Å². The molecular formula is C10H10N4O. The number of hydrogen-bond donors (Lipinski definition) is 2. The lowest BCUT2D eigenvalue weighted by molar-refractivity contribution is 0.100. The molecule has 0 bridgehead atoms. The summed E-state index contributed by atoms with van der Waals surface area (Å²) in [5.74, 6) is -0.545. The Morgan fingerprint density at radius 2 is 2.20 bits per heavy atom. The van der Waals surface area contributed by atoms with E-state index in [1.807, 2.05) is 0 Å². The molecule has 4 N–H and O–H groups in total. The SMILES string of the molecule is NC(=O)c1c(N)cccc1-n1ccnc1. The Bertz CT molecular complexity index is 490. The number of primary amides is 1. The van der Waals surface area contributed by atoms with Gasteiger partial charge in [-0.15, -0.1) is 0 Å². The van der Waals surface area contributed by atoms with E-state index in [4.69, 9.17) is 11.5 Å². The monoisotopic (exact) mass is 202 g/mol. The first kappa shape index (κ1) is 9.26. The highest BCUT2D eigenvalue weighted by Gasteiger charge is 2.12. The first-order valence-electron chi connectivity index (χ1n) is 4.37. The van der Waals surface area contributed by atoms with Crippen molar-refractivity contribution in [3.05, 3.63) is 42.5 Å². The van der Waals surface area contributed by atoms with Crippen LogP contribution in [0.1, 0.15) is 10.4 Å². The number of hydrogen-bond acceptors (Lipinski definition) is 3. The Kier molecular flexibility index (Phi) is 2.13. The largest absolute Gasteiger partial charge is 0.398 e. The van der Waals surface area contributed by atoms with Crippen LogP contribution in [0.15, 0.2) is 36.9 Å². The number of carbonyl (C=O) groups is 1. The topological polar surface area (TPSA) is 86.9 Å². The number of carbonyl (C=O) groups excluding carboxylic acids is 1. The minimum absolute atomic E-state index is 0.315. The fraction of sp³-hybridized carbons (Fsp3) is 0. The van der Waals surface area contributed by atoms with Crippen LogP contribution in [-0.2, 0) is 0 Å². The van der Waals surface area contributed by atoms with E-state index in [9.17, 15) is 4.79 Å². The van der Waals surface area contributed by atoms with E-state index >= 15 is 0 Å². The molecule has 0 aliphatic carbocycles. The van der Waals surface area contributed by atoms with Gasteiger partial charge in [-0.3, -0.25) is 4.79 Å². The van der Waals surface area contributed by atoms with Crippen molar-refractivity contribution in [1.82, 2.24) is 9.55 Å². The molecule has 0 aliphatic rings. The molecule has 5 nitrogen and oxygen atoms in total. The summed E-state index contributed by atoms with van der Waals surface area (Å²) < 4.78 is 1.69. The van der Waals surface area contributed by atoms with Gasteiger partial charge < -0.3 is 16.0 Å². The molecule has 0 radical (unpaired) electrons. The van der Waals surface area contributed by atoms with E-state index in [0.717, 1.165) is 0 Å². The van der Waals surface area contributed by atoms with Gasteiger partial charge in [0.25, 0.3) is 5.91 Å². The van der Waals surface area contributed by atoms with Gasteiger partial charge in [-0.1, -0.05) is 6.07 Å². The number of rotatable bonds is 2. The van der Waals surface area contributed by atoms with Gasteiger partial charge >= 0.3 is 0 Å². The smallest absolute Gasteiger partial charge is 0.252 e. The summed E-state index contributed by atoms with van der Waals surface area (Å²) in [7, 11) is 0. The van der Waals surface area contributed by atoms with Gasteiger partial charge in [-0.05, 0) is 12.1 Å². The summed E-state index contributed by atoms with van der Waals surface area (Å²) in [5.41, 5.74) is 12.3. The molecule has 0 aliphatic heterocycles. The third kappa shape index (κ3) is 1.54. The van der Waals surface area contributed by atoms with Crippen LogP contribution in [0.3, 0.4) is 0 Å². The van der Waals surface area contributed by atoms with E-state index in [1.54, 1.807) is 41.5 Å². The predicted octanol–water partition coefficient (Wildman–Crippen LogP) is 0.553. The van der Waals surface area contributed by atoms with Crippen LogP contribution in [0.2, 0.25) is 0 Å². The highest BCUT2D eigenvalue weighted by atomic mass is 16.1. The Morgan fingerprint density at radius 1 is 1.40 bits per heavy atom. The first-order valence-corrected chi connectivity index (χ1v) is 4.37. The molecule has 0 saturated heterocycles. The highest BCUT2D eigenvalue weighted by molar-refractivity contribution is 6.01. The molecule has 76 valence electrons. The maximum absolute atomic E-state index is 11.2. The molecule has 15 heavy (non-hydrogen) atoms. The summed E-state index contributed by atoms with van der Waals surface area (Å²) >= 11 is 0. The van der Waals surface area contributed by atoms with Crippen LogP contribution in [0, 0.1) is 0 Å². The van der Waals surface area contributed by atoms with Crippen molar-refractivity contribution in [2.45, 2.75) is 0 Å². The van der Waals surface area contributed by atoms with Crippen LogP contribution < -0.4 is 11.5 Å². The van der Waals surface area contributed by atoms with Gasteiger partial charge in [0.15, 0.2) is 0 Å². The molecule has 2 rings (SSSR count). The van der Waals surface area contributed by atoms with Crippen molar-refractivity contribution in [3.8, 4) is 5.69 Å². The van der Waals surface area contributed by atoms with E-state index < -0.39 is 5.91 Å². The zero-order valence-corrected chi connectivity index (χ0v) is 7.92. The number of nitrogen functional groups attached to an aromatic ring is 1. The second kappa shape index (κ2) is 3.45. The number of aromatic nitrogens is 2. The molecular weight excluding hydrogens is 192 g/mol. The van der Waals surface area contributed by atoms with Crippen molar-refractivity contribution in [2.24, 2.45) is 5.73 Å². The maximum Gasteiger partial charge on any atom is 0.252 e. The van der Waals surface area contributed by atoms with Crippen molar-refractivity contribution < 1.29 is 4.79 Å². The zero-order chi connectivity index (χ0) is 10.8. The third-order valence-electron chi connectivity index (χ3n) is 2.10. The Balaban J connectivity index is 2.66. The first-order chi connectivity index (χ1) is 7.20. The summed E-state index contributed by atoms with van der Waals surface area (Å²) in [6.07, 6.45) is 4.93. The molecule has 0 saturated carbocycles. The molecule has 1 heterocycles. The lowest BCUT2D eigenvalue weighted by atomic mass is 10.1. The average Bonchev–Trinajstić information content (AvgIpc) is 2.69. The lowest BCUT2D eigenvalue weighted by Crippen LogP contribution is -2.16. The molecule has 0 fully saturated rings. The van der Waals surface area contributed by atoms with Crippen molar-refractivity contribution in [2.75, 3.05) is 5.73 Å². The van der Waals surface area contributed by atoms with Crippen LogP contribution in [0.4, 0.5) is 5.69 Å². The van der Waals surface area contributed by atoms with Gasteiger partial charge in [0.1, 0.15) is 0 Å². The van der Waals surface area contributed by atoms with Crippen LogP contribution >= 0.6 is 0 Å². The maximum atomic E-state index is 11.2. The summed E-state index contributed by atoms with van der Waals surface area (Å²) in [6.45, 7) is 0. The summed E-state index contributed by atoms with van der Waals surface area (Å²) in [6, 6.07) is 5.16. The fourth-order valence-corrected chi connectivity index (χ4v) is 1.44. The minimum atomic E-state index is -0.545. The van der Waals surface area contributed by atoms with Gasteiger partial charge in [0.2, 0.25) is 0 Å². The number of nitrogens with two attached hydrogens (primary N) is 2. The predicted molar refractivity (Wildman–Crippen MR) is 56.5 cm³/mol. The molecule has 0 atom stereocenters. The molecule has 0 spiro atoms. The van der Waals surface area contributed by atoms with Crippen molar-refractivity contribution in [3.63, 3.8) is 0 Å². The molecule has 1 aromatic heterocycles. The number of amides is 1. The number of imidazole rings is 1. The van der Waals surface area contributed by atoms with Crippen LogP contribution in [0.25, 0.3) is 5.69 Å². The van der Waals surface area contributed by atoms with Crippen LogP contribution in [0.5, 0.6) is 0 Å². The number of benzene rings is 1. The third-order valence-corrected chi connectivity index (χ3v) is 2.10. The Hall–Kier alpha value is -2.30. The summed E-state index contributed by atoms with van der Waals surface area (Å²) in [5, 5.41) is 0. The van der Waals surface area contributed by atoms with Gasteiger partial charge in [0.05, 0.1) is 17.6 Å². The normalized spacial score (nSPS) is 10.1. The number of nitrogens with zero attached hydrogens (tertiary/aromatic N) is 2. The lowest BCUT2D eigenvalue weighted by Gasteiger charge is -2.09. The standard InChI is InChI=1S/C10H10N4O/c11-7-2-1-3-8(9(7)10(12)15)14-5-4-13-6-14/h1-6H,11H2,(H2,12,15).